The van der Waals surface area contributed by atoms with Crippen LogP contribution >= 0.6 is 0 Å². The van der Waals surface area contributed by atoms with Crippen LogP contribution in [0.25, 0.3) is 0 Å². The highest BCUT2D eigenvalue weighted by Crippen LogP contribution is 2.38. The Hall–Kier alpha value is -1.95. The van der Waals surface area contributed by atoms with E-state index in [2.05, 4.69) is 17.1 Å². The fourth-order valence-electron chi connectivity index (χ4n) is 3.73. The molecule has 2 aliphatic rings. The number of benzene rings is 1. The van der Waals surface area contributed by atoms with Crippen molar-refractivity contribution in [3.05, 3.63) is 23.8 Å². The molecule has 25 heavy (non-hydrogen) atoms. The molecule has 0 bridgehead atoms. The van der Waals surface area contributed by atoms with Gasteiger partial charge in [0.25, 0.3) is 0 Å². The maximum atomic E-state index is 10.2. The van der Waals surface area contributed by atoms with E-state index in [0.717, 1.165) is 50.8 Å². The number of aromatic hydroxyl groups is 1. The van der Waals surface area contributed by atoms with Gasteiger partial charge in [0.2, 0.25) is 0 Å². The zero-order valence-corrected chi connectivity index (χ0v) is 15.3. The van der Waals surface area contributed by atoms with Crippen molar-refractivity contribution < 1.29 is 14.6 Å². The van der Waals surface area contributed by atoms with Gasteiger partial charge in [0, 0.05) is 38.2 Å². The van der Waals surface area contributed by atoms with E-state index in [1.807, 2.05) is 12.1 Å². The first kappa shape index (κ1) is 17.9. The van der Waals surface area contributed by atoms with E-state index in [9.17, 15) is 5.11 Å². The van der Waals surface area contributed by atoms with Gasteiger partial charge < -0.3 is 24.8 Å². The molecule has 1 spiro atoms. The molecule has 2 N–H and O–H groups in total. The Morgan fingerprint density at radius 1 is 1.44 bits per heavy atom. The molecule has 3 rings (SSSR count). The zero-order valence-electron chi connectivity index (χ0n) is 15.3. The fourth-order valence-corrected chi connectivity index (χ4v) is 3.73. The molecule has 1 aromatic carbocycles. The van der Waals surface area contributed by atoms with E-state index < -0.39 is 0 Å². The van der Waals surface area contributed by atoms with Crippen molar-refractivity contribution in [2.45, 2.75) is 26.2 Å². The lowest BCUT2D eigenvalue weighted by atomic mass is 9.87. The van der Waals surface area contributed by atoms with Gasteiger partial charge in [-0.05, 0) is 37.8 Å². The Bertz CT molecular complexity index is 612. The monoisotopic (exact) mass is 347 g/mol. The van der Waals surface area contributed by atoms with E-state index >= 15 is 0 Å². The second-order valence-electron chi connectivity index (χ2n) is 6.93. The van der Waals surface area contributed by atoms with E-state index in [1.54, 1.807) is 13.2 Å². The molecular weight excluding hydrogens is 318 g/mol. The average Bonchev–Trinajstić information content (AvgIpc) is 3.26. The van der Waals surface area contributed by atoms with E-state index in [0.29, 0.717) is 24.1 Å². The number of guanidine groups is 1. The minimum absolute atomic E-state index is 0.216. The number of likely N-dealkylation sites (tertiary alicyclic amines) is 1. The van der Waals surface area contributed by atoms with Crippen molar-refractivity contribution >= 4 is 5.96 Å². The summed E-state index contributed by atoms with van der Waals surface area (Å²) in [7, 11) is 1.57. The maximum Gasteiger partial charge on any atom is 0.193 e. The molecule has 2 aliphatic heterocycles. The van der Waals surface area contributed by atoms with Crippen molar-refractivity contribution in [2.24, 2.45) is 10.4 Å². The number of aliphatic imine (C=N–C) groups is 1. The minimum Gasteiger partial charge on any atom is -0.504 e. The van der Waals surface area contributed by atoms with Crippen LogP contribution in [0.15, 0.2) is 23.2 Å². The molecule has 6 nitrogen and oxygen atoms in total. The molecule has 1 atom stereocenters. The van der Waals surface area contributed by atoms with Crippen LogP contribution in [0.2, 0.25) is 0 Å². The van der Waals surface area contributed by atoms with Crippen LogP contribution < -0.4 is 10.1 Å². The lowest BCUT2D eigenvalue weighted by molar-refractivity contribution is 0.156. The number of para-hydroxylation sites is 1. The molecule has 2 fully saturated rings. The summed E-state index contributed by atoms with van der Waals surface area (Å²) in [5, 5.41) is 13.6. The summed E-state index contributed by atoms with van der Waals surface area (Å²) in [6, 6.07) is 5.58. The summed E-state index contributed by atoms with van der Waals surface area (Å²) in [4.78, 5) is 7.13. The highest BCUT2D eigenvalue weighted by Gasteiger charge is 2.42. The van der Waals surface area contributed by atoms with Crippen LogP contribution in [0.5, 0.6) is 11.5 Å². The molecular formula is C19H29N3O3. The Labute approximate surface area is 149 Å². The Morgan fingerprint density at radius 2 is 2.32 bits per heavy atom. The van der Waals surface area contributed by atoms with Crippen LogP contribution in [-0.4, -0.2) is 62.5 Å². The third-order valence-electron chi connectivity index (χ3n) is 5.20. The lowest BCUT2D eigenvalue weighted by Gasteiger charge is -2.25. The van der Waals surface area contributed by atoms with Gasteiger partial charge in [-0.1, -0.05) is 12.1 Å². The summed E-state index contributed by atoms with van der Waals surface area (Å²) in [6.07, 6.45) is 3.01. The van der Waals surface area contributed by atoms with E-state index in [1.165, 1.54) is 6.42 Å². The average molecular weight is 347 g/mol. The number of methoxy groups -OCH3 is 1. The largest absolute Gasteiger partial charge is 0.504 e. The summed E-state index contributed by atoms with van der Waals surface area (Å²) >= 11 is 0. The van der Waals surface area contributed by atoms with Gasteiger partial charge in [0.15, 0.2) is 17.5 Å². The van der Waals surface area contributed by atoms with Crippen molar-refractivity contribution in [2.75, 3.05) is 46.5 Å². The van der Waals surface area contributed by atoms with Gasteiger partial charge in [0.05, 0.1) is 13.7 Å². The third-order valence-corrected chi connectivity index (χ3v) is 5.20. The number of nitrogens with one attached hydrogen (secondary N) is 1. The highest BCUT2D eigenvalue weighted by molar-refractivity contribution is 5.80. The summed E-state index contributed by atoms with van der Waals surface area (Å²) < 4.78 is 10.8. The topological polar surface area (TPSA) is 66.3 Å². The summed E-state index contributed by atoms with van der Waals surface area (Å²) in [5.74, 6) is 1.69. The predicted molar refractivity (Wildman–Crippen MR) is 98.4 cm³/mol. The molecule has 6 heteroatoms. The SMILES string of the molecule is CCNC(=NCCc1cccc(OC)c1O)N1CCC2(CCOC2)C1. The van der Waals surface area contributed by atoms with Gasteiger partial charge >= 0.3 is 0 Å². The summed E-state index contributed by atoms with van der Waals surface area (Å²) in [5.41, 5.74) is 1.18. The maximum absolute atomic E-state index is 10.2. The molecule has 0 saturated carbocycles. The Balaban J connectivity index is 1.63. The number of ether oxygens (including phenoxy) is 2. The molecule has 138 valence electrons. The second kappa shape index (κ2) is 7.95. The fraction of sp³-hybridized carbons (Fsp3) is 0.632. The van der Waals surface area contributed by atoms with Gasteiger partial charge in [0.1, 0.15) is 0 Å². The third kappa shape index (κ3) is 4.00. The van der Waals surface area contributed by atoms with Crippen molar-refractivity contribution in [1.82, 2.24) is 10.2 Å². The van der Waals surface area contributed by atoms with Crippen LogP contribution in [0.1, 0.15) is 25.3 Å². The summed E-state index contributed by atoms with van der Waals surface area (Å²) in [6.45, 7) is 7.38. The van der Waals surface area contributed by atoms with Gasteiger partial charge in [-0.15, -0.1) is 0 Å². The molecule has 0 radical (unpaired) electrons. The number of nitrogens with zero attached hydrogens (tertiary/aromatic N) is 2. The number of phenolic OH excluding ortho intramolecular Hbond substituents is 1. The van der Waals surface area contributed by atoms with E-state index in [4.69, 9.17) is 14.5 Å². The number of hydrogen-bond donors (Lipinski definition) is 2. The Morgan fingerprint density at radius 3 is 3.04 bits per heavy atom. The highest BCUT2D eigenvalue weighted by atomic mass is 16.5. The first-order valence-electron chi connectivity index (χ1n) is 9.13. The molecule has 0 amide bonds. The van der Waals surface area contributed by atoms with Crippen molar-refractivity contribution in [1.29, 1.82) is 0 Å². The molecule has 0 aromatic heterocycles. The molecule has 1 aromatic rings. The van der Waals surface area contributed by atoms with Crippen molar-refractivity contribution in [3.63, 3.8) is 0 Å². The van der Waals surface area contributed by atoms with Crippen LogP contribution in [0.3, 0.4) is 0 Å². The van der Waals surface area contributed by atoms with E-state index in [-0.39, 0.29) is 5.75 Å². The minimum atomic E-state index is 0.216. The Kier molecular flexibility index (Phi) is 5.68. The number of hydrogen-bond acceptors (Lipinski definition) is 4. The first-order valence-corrected chi connectivity index (χ1v) is 9.13. The smallest absolute Gasteiger partial charge is 0.193 e. The lowest BCUT2D eigenvalue weighted by Crippen LogP contribution is -2.41. The first-order chi connectivity index (χ1) is 12.2. The van der Waals surface area contributed by atoms with Crippen LogP contribution in [0, 0.1) is 5.41 Å². The zero-order chi connectivity index (χ0) is 17.7. The molecule has 2 saturated heterocycles. The van der Waals surface area contributed by atoms with Gasteiger partial charge in [-0.3, -0.25) is 4.99 Å². The van der Waals surface area contributed by atoms with Crippen LogP contribution in [-0.2, 0) is 11.2 Å². The standard InChI is InChI=1S/C19H29N3O3/c1-3-20-18(22-11-8-19(13-22)9-12-25-14-19)21-10-7-15-5-4-6-16(24-2)17(15)23/h4-6,23H,3,7-14H2,1-2H3,(H,20,21). The number of phenols is 1. The quantitative estimate of drug-likeness (QED) is 0.630. The molecule has 0 aliphatic carbocycles. The normalized spacial score (nSPS) is 23.4. The molecule has 1 unspecified atom stereocenters. The molecule has 2 heterocycles. The number of rotatable bonds is 5. The van der Waals surface area contributed by atoms with Crippen LogP contribution in [0.4, 0.5) is 0 Å². The predicted octanol–water partition coefficient (Wildman–Crippen LogP) is 2.02. The van der Waals surface area contributed by atoms with Crippen molar-refractivity contribution in [3.8, 4) is 11.5 Å². The van der Waals surface area contributed by atoms with Gasteiger partial charge in [-0.2, -0.15) is 0 Å². The second-order valence-corrected chi connectivity index (χ2v) is 6.93. The van der Waals surface area contributed by atoms with Gasteiger partial charge in [-0.25, -0.2) is 0 Å².